The Bertz CT molecular complexity index is 596. The molecule has 1 unspecified atom stereocenters. The lowest BCUT2D eigenvalue weighted by molar-refractivity contribution is -0.137. The Balaban J connectivity index is 2.24. The van der Waals surface area contributed by atoms with Gasteiger partial charge in [0.15, 0.2) is 0 Å². The van der Waals surface area contributed by atoms with Crippen molar-refractivity contribution < 1.29 is 19.1 Å². The summed E-state index contributed by atoms with van der Waals surface area (Å²) >= 11 is 8.95. The zero-order valence-electron chi connectivity index (χ0n) is 11.8. The summed E-state index contributed by atoms with van der Waals surface area (Å²) in [5, 5.41) is 9.09. The second-order valence-corrected chi connectivity index (χ2v) is 6.62. The standard InChI is InChI=1S/C15H16BrClFNO3/c16-12-8-9(17)7-11(14(12)18)15(22)19-6-2-1-3-10(19)4-5-13(20)21/h7-8,10H,1-6H2,(H,20,21). The number of carboxylic acid groups (broad SMARTS) is 1. The van der Waals surface area contributed by atoms with Crippen molar-refractivity contribution >= 4 is 39.4 Å². The summed E-state index contributed by atoms with van der Waals surface area (Å²) in [6.45, 7) is 0.507. The van der Waals surface area contributed by atoms with Crippen LogP contribution >= 0.6 is 27.5 Å². The molecule has 1 aromatic carbocycles. The lowest BCUT2D eigenvalue weighted by atomic mass is 9.97. The van der Waals surface area contributed by atoms with Crippen molar-refractivity contribution in [1.82, 2.24) is 4.90 Å². The number of halogens is 3. The van der Waals surface area contributed by atoms with Crippen molar-refractivity contribution in [2.45, 2.75) is 38.1 Å². The SMILES string of the molecule is O=C(O)CCC1CCCCN1C(=O)c1cc(Cl)cc(Br)c1F. The largest absolute Gasteiger partial charge is 0.481 e. The number of carbonyl (C=O) groups excluding carboxylic acids is 1. The molecule has 1 heterocycles. The number of likely N-dealkylation sites (tertiary alicyclic amines) is 1. The minimum atomic E-state index is -0.894. The normalized spacial score (nSPS) is 18.3. The molecule has 7 heteroatoms. The molecule has 1 atom stereocenters. The Morgan fingerprint density at radius 2 is 2.14 bits per heavy atom. The lowest BCUT2D eigenvalue weighted by Gasteiger charge is -2.36. The van der Waals surface area contributed by atoms with E-state index in [-0.39, 0.29) is 27.5 Å². The van der Waals surface area contributed by atoms with Gasteiger partial charge in [0.05, 0.1) is 10.0 Å². The third-order valence-corrected chi connectivity index (χ3v) is 4.60. The molecule has 0 aromatic heterocycles. The molecular weight excluding hydrogens is 377 g/mol. The van der Waals surface area contributed by atoms with Crippen molar-refractivity contribution in [3.8, 4) is 0 Å². The highest BCUT2D eigenvalue weighted by Crippen LogP contribution is 2.28. The minimum Gasteiger partial charge on any atom is -0.481 e. The predicted molar refractivity (Wildman–Crippen MR) is 84.7 cm³/mol. The third kappa shape index (κ3) is 3.98. The first-order chi connectivity index (χ1) is 10.4. The Labute approximate surface area is 141 Å². The van der Waals surface area contributed by atoms with Gasteiger partial charge in [-0.2, -0.15) is 0 Å². The van der Waals surface area contributed by atoms with E-state index in [0.29, 0.717) is 13.0 Å². The van der Waals surface area contributed by atoms with Crippen molar-refractivity contribution in [2.24, 2.45) is 0 Å². The molecule has 0 saturated carbocycles. The Morgan fingerprint density at radius 1 is 1.41 bits per heavy atom. The van der Waals surface area contributed by atoms with E-state index in [1.54, 1.807) is 4.90 Å². The molecule has 1 aliphatic rings. The van der Waals surface area contributed by atoms with Crippen LogP contribution in [0.25, 0.3) is 0 Å². The van der Waals surface area contributed by atoms with Crippen LogP contribution in [0.3, 0.4) is 0 Å². The maximum atomic E-state index is 14.2. The highest BCUT2D eigenvalue weighted by Gasteiger charge is 2.30. The monoisotopic (exact) mass is 391 g/mol. The number of benzene rings is 1. The molecule has 120 valence electrons. The lowest BCUT2D eigenvalue weighted by Crippen LogP contribution is -2.44. The topological polar surface area (TPSA) is 57.6 Å². The molecule has 0 radical (unpaired) electrons. The number of hydrogen-bond donors (Lipinski definition) is 1. The minimum absolute atomic E-state index is 0.00380. The zero-order valence-corrected chi connectivity index (χ0v) is 14.2. The molecule has 1 aliphatic heterocycles. The van der Waals surface area contributed by atoms with E-state index < -0.39 is 17.7 Å². The smallest absolute Gasteiger partial charge is 0.303 e. The van der Waals surface area contributed by atoms with E-state index in [2.05, 4.69) is 15.9 Å². The van der Waals surface area contributed by atoms with Crippen LogP contribution in [0.5, 0.6) is 0 Å². The quantitative estimate of drug-likeness (QED) is 0.785. The second kappa shape index (κ2) is 7.42. The number of nitrogens with zero attached hydrogens (tertiary/aromatic N) is 1. The maximum Gasteiger partial charge on any atom is 0.303 e. The first-order valence-electron chi connectivity index (χ1n) is 7.07. The van der Waals surface area contributed by atoms with Gasteiger partial charge in [-0.3, -0.25) is 9.59 Å². The van der Waals surface area contributed by atoms with E-state index in [9.17, 15) is 14.0 Å². The molecule has 1 fully saturated rings. The van der Waals surface area contributed by atoms with Gasteiger partial charge in [0.2, 0.25) is 0 Å². The number of piperidine rings is 1. The van der Waals surface area contributed by atoms with Gasteiger partial charge in [0, 0.05) is 24.0 Å². The molecule has 0 spiro atoms. The van der Waals surface area contributed by atoms with E-state index in [1.807, 2.05) is 0 Å². The maximum absolute atomic E-state index is 14.2. The summed E-state index contributed by atoms with van der Waals surface area (Å²) in [5.74, 6) is -1.97. The van der Waals surface area contributed by atoms with Crippen molar-refractivity contribution in [2.75, 3.05) is 6.54 Å². The van der Waals surface area contributed by atoms with Crippen molar-refractivity contribution in [3.05, 3.63) is 33.0 Å². The van der Waals surface area contributed by atoms with Gasteiger partial charge in [-0.05, 0) is 53.7 Å². The van der Waals surface area contributed by atoms with Gasteiger partial charge in [0.1, 0.15) is 5.82 Å². The number of hydrogen-bond acceptors (Lipinski definition) is 2. The third-order valence-electron chi connectivity index (χ3n) is 3.80. The predicted octanol–water partition coefficient (Wildman–Crippen LogP) is 4.10. The molecule has 0 bridgehead atoms. The van der Waals surface area contributed by atoms with Crippen LogP contribution in [0.4, 0.5) is 4.39 Å². The number of amides is 1. The van der Waals surface area contributed by atoms with E-state index in [4.69, 9.17) is 16.7 Å². The summed E-state index contributed by atoms with van der Waals surface area (Å²) in [7, 11) is 0. The summed E-state index contributed by atoms with van der Waals surface area (Å²) < 4.78 is 14.3. The molecule has 1 N–H and O–H groups in total. The molecule has 1 amide bonds. The van der Waals surface area contributed by atoms with Crippen LogP contribution in [0.15, 0.2) is 16.6 Å². The molecule has 1 saturated heterocycles. The molecule has 2 rings (SSSR count). The summed E-state index contributed by atoms with van der Waals surface area (Å²) in [6, 6.07) is 2.54. The first-order valence-corrected chi connectivity index (χ1v) is 8.24. The van der Waals surface area contributed by atoms with Gasteiger partial charge < -0.3 is 10.0 Å². The van der Waals surface area contributed by atoms with E-state index in [0.717, 1.165) is 19.3 Å². The van der Waals surface area contributed by atoms with Crippen molar-refractivity contribution in [1.29, 1.82) is 0 Å². The Hall–Kier alpha value is -1.14. The number of carboxylic acids is 1. The molecular formula is C15H16BrClFNO3. The fourth-order valence-corrected chi connectivity index (χ4v) is 3.53. The summed E-state index contributed by atoms with van der Waals surface area (Å²) in [4.78, 5) is 25.0. The van der Waals surface area contributed by atoms with Crippen LogP contribution in [0, 0.1) is 5.82 Å². The first kappa shape index (κ1) is 17.2. The molecule has 22 heavy (non-hydrogen) atoms. The molecule has 4 nitrogen and oxygen atoms in total. The van der Waals surface area contributed by atoms with Gasteiger partial charge in [-0.15, -0.1) is 0 Å². The van der Waals surface area contributed by atoms with Crippen LogP contribution in [0.2, 0.25) is 5.02 Å². The van der Waals surface area contributed by atoms with E-state index >= 15 is 0 Å². The van der Waals surface area contributed by atoms with Gasteiger partial charge in [-0.1, -0.05) is 11.6 Å². The zero-order chi connectivity index (χ0) is 16.3. The van der Waals surface area contributed by atoms with Crippen LogP contribution < -0.4 is 0 Å². The second-order valence-electron chi connectivity index (χ2n) is 5.33. The van der Waals surface area contributed by atoms with Crippen LogP contribution in [-0.4, -0.2) is 34.5 Å². The van der Waals surface area contributed by atoms with Gasteiger partial charge >= 0.3 is 5.97 Å². The summed E-state index contributed by atoms with van der Waals surface area (Å²) in [5.41, 5.74) is -0.0819. The van der Waals surface area contributed by atoms with E-state index in [1.165, 1.54) is 12.1 Å². The van der Waals surface area contributed by atoms with Crippen LogP contribution in [0.1, 0.15) is 42.5 Å². The average molecular weight is 393 g/mol. The number of rotatable bonds is 4. The van der Waals surface area contributed by atoms with Crippen LogP contribution in [-0.2, 0) is 4.79 Å². The highest BCUT2D eigenvalue weighted by molar-refractivity contribution is 9.10. The number of aliphatic carboxylic acids is 1. The van der Waals surface area contributed by atoms with Gasteiger partial charge in [-0.25, -0.2) is 4.39 Å². The fraction of sp³-hybridized carbons (Fsp3) is 0.467. The Morgan fingerprint density at radius 3 is 2.82 bits per heavy atom. The van der Waals surface area contributed by atoms with Gasteiger partial charge in [0.25, 0.3) is 5.91 Å². The summed E-state index contributed by atoms with van der Waals surface area (Å²) in [6.07, 6.45) is 2.89. The van der Waals surface area contributed by atoms with Crippen molar-refractivity contribution in [3.63, 3.8) is 0 Å². The molecule has 0 aliphatic carbocycles. The average Bonchev–Trinajstić information content (AvgIpc) is 2.48. The fourth-order valence-electron chi connectivity index (χ4n) is 2.72. The molecule has 1 aromatic rings. The highest BCUT2D eigenvalue weighted by atomic mass is 79.9. The Kier molecular flexibility index (Phi) is 5.81. The number of carbonyl (C=O) groups is 2.